The number of amides is 2. The molecule has 0 aliphatic heterocycles. The van der Waals surface area contributed by atoms with Gasteiger partial charge < -0.3 is 15.4 Å². The summed E-state index contributed by atoms with van der Waals surface area (Å²) in [6, 6.07) is 15.9. The van der Waals surface area contributed by atoms with E-state index in [0.29, 0.717) is 24.5 Å². The molecule has 0 saturated carbocycles. The highest BCUT2D eigenvalue weighted by Gasteiger charge is 2.16. The molecule has 174 valence electrons. The van der Waals surface area contributed by atoms with Crippen molar-refractivity contribution in [1.29, 1.82) is 0 Å². The lowest BCUT2D eigenvalue weighted by Gasteiger charge is -2.29. The van der Waals surface area contributed by atoms with E-state index in [-0.39, 0.29) is 18.0 Å². The predicted molar refractivity (Wildman–Crippen MR) is 129 cm³/mol. The van der Waals surface area contributed by atoms with Gasteiger partial charge in [0.15, 0.2) is 0 Å². The van der Waals surface area contributed by atoms with Crippen molar-refractivity contribution >= 4 is 23.6 Å². The molecule has 0 aliphatic carbocycles. The second kappa shape index (κ2) is 13.8. The van der Waals surface area contributed by atoms with Crippen molar-refractivity contribution in [3.63, 3.8) is 0 Å². The summed E-state index contributed by atoms with van der Waals surface area (Å²) in [5.41, 5.74) is 3.41. The molecule has 2 amide bonds. The number of nitrogens with zero attached hydrogens (tertiary/aromatic N) is 1. The fourth-order valence-corrected chi connectivity index (χ4v) is 3.66. The van der Waals surface area contributed by atoms with E-state index in [1.165, 1.54) is 12.7 Å². The Labute approximate surface area is 196 Å². The first kappa shape index (κ1) is 25.7. The van der Waals surface area contributed by atoms with Gasteiger partial charge >= 0.3 is 12.0 Å². The number of hydrogen-bond acceptors (Lipinski definition) is 4. The molecule has 2 aromatic carbocycles. The Bertz CT molecular complexity index is 858. The lowest BCUT2D eigenvalue weighted by Crippen LogP contribution is -2.37. The zero-order chi connectivity index (χ0) is 23.3. The maximum absolute atomic E-state index is 12.1. The molecule has 7 heteroatoms. The first-order chi connectivity index (χ1) is 15.4. The molecule has 0 radical (unpaired) electrons. The van der Waals surface area contributed by atoms with Gasteiger partial charge in [0.1, 0.15) is 0 Å². The Morgan fingerprint density at radius 2 is 1.78 bits per heavy atom. The van der Waals surface area contributed by atoms with Gasteiger partial charge in [-0.2, -0.15) is 0 Å². The molecule has 2 N–H and O–H groups in total. The van der Waals surface area contributed by atoms with E-state index in [9.17, 15) is 9.59 Å². The van der Waals surface area contributed by atoms with Gasteiger partial charge in [-0.05, 0) is 56.5 Å². The molecule has 32 heavy (non-hydrogen) atoms. The molecule has 1 atom stereocenters. The summed E-state index contributed by atoms with van der Waals surface area (Å²) < 4.78 is 4.75. The Kier molecular flexibility index (Phi) is 11.0. The first-order valence-corrected chi connectivity index (χ1v) is 11.4. The van der Waals surface area contributed by atoms with Crippen molar-refractivity contribution < 1.29 is 14.3 Å². The van der Waals surface area contributed by atoms with E-state index in [4.69, 9.17) is 16.3 Å². The molecule has 2 aromatic rings. The number of carbonyl (C=O) groups is 2. The van der Waals surface area contributed by atoms with Gasteiger partial charge in [-0.25, -0.2) is 4.79 Å². The third-order valence-electron chi connectivity index (χ3n) is 5.40. The van der Waals surface area contributed by atoms with E-state index in [2.05, 4.69) is 28.5 Å². The molecule has 0 bridgehead atoms. The second-order valence-electron chi connectivity index (χ2n) is 7.90. The minimum atomic E-state index is -0.198. The van der Waals surface area contributed by atoms with Crippen LogP contribution in [-0.2, 0) is 16.1 Å². The van der Waals surface area contributed by atoms with Gasteiger partial charge in [0.05, 0.1) is 7.11 Å². The van der Waals surface area contributed by atoms with Crippen LogP contribution in [0.5, 0.6) is 0 Å². The minimum absolute atomic E-state index is 0.167. The Hall–Kier alpha value is -2.57. The van der Waals surface area contributed by atoms with Gasteiger partial charge in [0.2, 0.25) is 0 Å². The fourth-order valence-electron chi connectivity index (χ4n) is 3.53. The monoisotopic (exact) mass is 459 g/mol. The van der Waals surface area contributed by atoms with Crippen LogP contribution >= 0.6 is 11.6 Å². The zero-order valence-electron chi connectivity index (χ0n) is 19.2. The number of urea groups is 1. The molecular weight excluding hydrogens is 426 g/mol. The molecule has 0 aliphatic rings. The molecular formula is C25H34ClN3O3. The van der Waals surface area contributed by atoms with E-state index >= 15 is 0 Å². The van der Waals surface area contributed by atoms with Crippen LogP contribution < -0.4 is 10.6 Å². The summed E-state index contributed by atoms with van der Waals surface area (Å²) in [4.78, 5) is 25.9. The van der Waals surface area contributed by atoms with Gasteiger partial charge in [-0.1, -0.05) is 53.6 Å². The highest BCUT2D eigenvalue weighted by molar-refractivity contribution is 6.30. The SMILES string of the molecule is COC(=O)CCCN(CCCNC(=O)NCc1cccc(C)c1)C(C)c1ccc(Cl)cc1. The highest BCUT2D eigenvalue weighted by atomic mass is 35.5. The summed E-state index contributed by atoms with van der Waals surface area (Å²) in [5, 5.41) is 6.53. The summed E-state index contributed by atoms with van der Waals surface area (Å²) in [5.74, 6) is -0.198. The highest BCUT2D eigenvalue weighted by Crippen LogP contribution is 2.22. The fraction of sp³-hybridized carbons (Fsp3) is 0.440. The molecule has 0 saturated heterocycles. The number of halogens is 1. The Morgan fingerprint density at radius 3 is 2.47 bits per heavy atom. The number of hydrogen-bond donors (Lipinski definition) is 2. The van der Waals surface area contributed by atoms with Gasteiger partial charge in [-0.15, -0.1) is 0 Å². The first-order valence-electron chi connectivity index (χ1n) is 11.0. The van der Waals surface area contributed by atoms with E-state index in [1.807, 2.05) is 49.4 Å². The molecule has 0 fully saturated rings. The number of benzene rings is 2. The maximum atomic E-state index is 12.1. The minimum Gasteiger partial charge on any atom is -0.469 e. The van der Waals surface area contributed by atoms with Crippen LogP contribution in [0.15, 0.2) is 48.5 Å². The van der Waals surface area contributed by atoms with Crippen molar-refractivity contribution in [3.8, 4) is 0 Å². The van der Waals surface area contributed by atoms with Crippen molar-refractivity contribution in [2.24, 2.45) is 0 Å². The van der Waals surface area contributed by atoms with Crippen LogP contribution in [0.1, 0.15) is 48.9 Å². The number of methoxy groups -OCH3 is 1. The number of carbonyl (C=O) groups excluding carboxylic acids is 2. The van der Waals surface area contributed by atoms with E-state index < -0.39 is 0 Å². The van der Waals surface area contributed by atoms with Crippen molar-refractivity contribution in [2.75, 3.05) is 26.7 Å². The molecule has 0 spiro atoms. The van der Waals surface area contributed by atoms with Gasteiger partial charge in [-0.3, -0.25) is 9.69 Å². The quantitative estimate of drug-likeness (QED) is 0.351. The summed E-state index contributed by atoms with van der Waals surface area (Å²) >= 11 is 6.02. The topological polar surface area (TPSA) is 70.7 Å². The normalized spacial score (nSPS) is 11.8. The maximum Gasteiger partial charge on any atom is 0.315 e. The van der Waals surface area contributed by atoms with E-state index in [0.717, 1.165) is 37.1 Å². The van der Waals surface area contributed by atoms with E-state index in [1.54, 1.807) is 0 Å². The van der Waals surface area contributed by atoms with Crippen LogP contribution in [0.2, 0.25) is 5.02 Å². The standard InChI is InChI=1S/C25H34ClN3O3/c1-19-7-4-8-21(17-19)18-28-25(31)27-14-6-16-29(15-5-9-24(30)32-3)20(2)22-10-12-23(26)13-11-22/h4,7-8,10-13,17,20H,5-6,9,14-16,18H2,1-3H3,(H2,27,28,31). The molecule has 1 unspecified atom stereocenters. The Morgan fingerprint density at radius 1 is 1.06 bits per heavy atom. The average molecular weight is 460 g/mol. The third-order valence-corrected chi connectivity index (χ3v) is 5.65. The predicted octanol–water partition coefficient (Wildman–Crippen LogP) is 4.85. The number of ether oxygens (including phenoxy) is 1. The zero-order valence-corrected chi connectivity index (χ0v) is 20.0. The molecule has 2 rings (SSSR count). The second-order valence-corrected chi connectivity index (χ2v) is 8.33. The molecule has 6 nitrogen and oxygen atoms in total. The molecule has 0 aromatic heterocycles. The largest absolute Gasteiger partial charge is 0.469 e. The number of nitrogens with one attached hydrogen (secondary N) is 2. The van der Waals surface area contributed by atoms with Gasteiger partial charge in [0.25, 0.3) is 0 Å². The van der Waals surface area contributed by atoms with Crippen molar-refractivity contribution in [1.82, 2.24) is 15.5 Å². The summed E-state index contributed by atoms with van der Waals surface area (Å²) in [6.45, 7) is 6.80. The third kappa shape index (κ3) is 9.28. The van der Waals surface area contributed by atoms with Crippen LogP contribution in [0.4, 0.5) is 4.79 Å². The molecule has 0 heterocycles. The van der Waals surface area contributed by atoms with Crippen LogP contribution in [0.25, 0.3) is 0 Å². The van der Waals surface area contributed by atoms with Gasteiger partial charge in [0, 0.05) is 37.1 Å². The van der Waals surface area contributed by atoms with Crippen molar-refractivity contribution in [3.05, 3.63) is 70.2 Å². The lowest BCUT2D eigenvalue weighted by molar-refractivity contribution is -0.140. The van der Waals surface area contributed by atoms with Crippen LogP contribution in [-0.4, -0.2) is 43.6 Å². The van der Waals surface area contributed by atoms with Crippen molar-refractivity contribution in [2.45, 2.75) is 45.7 Å². The lowest BCUT2D eigenvalue weighted by atomic mass is 10.1. The van der Waals surface area contributed by atoms with Crippen LogP contribution in [0.3, 0.4) is 0 Å². The summed E-state index contributed by atoms with van der Waals surface area (Å²) in [7, 11) is 1.41. The van der Waals surface area contributed by atoms with Crippen LogP contribution in [0, 0.1) is 6.92 Å². The number of aryl methyl sites for hydroxylation is 1. The summed E-state index contributed by atoms with van der Waals surface area (Å²) in [6.07, 6.45) is 1.91. The smallest absolute Gasteiger partial charge is 0.315 e. The average Bonchev–Trinajstić information content (AvgIpc) is 2.79. The number of rotatable bonds is 12. The number of esters is 1. The Balaban J connectivity index is 1.80.